The average molecular weight is 345 g/mol. The van der Waals surface area contributed by atoms with Gasteiger partial charge in [0.15, 0.2) is 6.61 Å². The van der Waals surface area contributed by atoms with Gasteiger partial charge in [-0.3, -0.25) is 4.79 Å². The summed E-state index contributed by atoms with van der Waals surface area (Å²) in [5, 5.41) is 2.97. The molecule has 2 aromatic rings. The standard InChI is InChI=1S/C19H20FNO2S/c1-12-4-3-5-13(2)19(12)23-11-18(22)21-16-8-9-24-17-7-6-14(20)10-15(16)17/h3-7,10,16H,8-9,11H2,1-2H3,(H,21,22). The van der Waals surface area contributed by atoms with Crippen molar-refractivity contribution in [3.05, 3.63) is 58.9 Å². The van der Waals surface area contributed by atoms with Crippen molar-refractivity contribution in [2.75, 3.05) is 12.4 Å². The molecule has 1 atom stereocenters. The van der Waals surface area contributed by atoms with Gasteiger partial charge in [-0.2, -0.15) is 0 Å². The Morgan fingerprint density at radius 1 is 1.29 bits per heavy atom. The van der Waals surface area contributed by atoms with Crippen LogP contribution in [0.15, 0.2) is 41.3 Å². The van der Waals surface area contributed by atoms with E-state index in [2.05, 4.69) is 5.32 Å². The van der Waals surface area contributed by atoms with E-state index in [0.717, 1.165) is 39.5 Å². The summed E-state index contributed by atoms with van der Waals surface area (Å²) in [7, 11) is 0. The van der Waals surface area contributed by atoms with E-state index in [1.165, 1.54) is 12.1 Å². The highest BCUT2D eigenvalue weighted by Gasteiger charge is 2.23. The zero-order valence-corrected chi connectivity index (χ0v) is 14.6. The minimum atomic E-state index is -0.276. The number of carbonyl (C=O) groups excluding carboxylic acids is 1. The number of fused-ring (bicyclic) bond motifs is 1. The van der Waals surface area contributed by atoms with Gasteiger partial charge in [0.1, 0.15) is 11.6 Å². The van der Waals surface area contributed by atoms with Crippen LogP contribution in [0.3, 0.4) is 0 Å². The van der Waals surface area contributed by atoms with Gasteiger partial charge in [-0.1, -0.05) is 18.2 Å². The number of thioether (sulfide) groups is 1. The van der Waals surface area contributed by atoms with Gasteiger partial charge in [0, 0.05) is 10.6 Å². The Hall–Kier alpha value is -2.01. The second-order valence-corrected chi connectivity index (χ2v) is 7.09. The number of rotatable bonds is 4. The first-order chi connectivity index (χ1) is 11.5. The van der Waals surface area contributed by atoms with Crippen molar-refractivity contribution in [1.82, 2.24) is 5.32 Å². The van der Waals surface area contributed by atoms with Crippen LogP contribution in [0.5, 0.6) is 5.75 Å². The third-order valence-electron chi connectivity index (χ3n) is 4.10. The zero-order valence-electron chi connectivity index (χ0n) is 13.8. The minimum Gasteiger partial charge on any atom is -0.483 e. The summed E-state index contributed by atoms with van der Waals surface area (Å²) in [5.41, 5.74) is 2.86. The Bertz CT molecular complexity index is 743. The molecule has 0 aromatic heterocycles. The molecule has 0 saturated carbocycles. The summed E-state index contributed by atoms with van der Waals surface area (Å²) in [5.74, 6) is 1.19. The number of para-hydroxylation sites is 1. The van der Waals surface area contributed by atoms with E-state index < -0.39 is 0 Å². The lowest BCUT2D eigenvalue weighted by Gasteiger charge is -2.26. The lowest BCUT2D eigenvalue weighted by Crippen LogP contribution is -2.34. The molecule has 0 spiro atoms. The summed E-state index contributed by atoms with van der Waals surface area (Å²) in [6, 6.07) is 10.5. The number of hydrogen-bond donors (Lipinski definition) is 1. The fraction of sp³-hybridized carbons (Fsp3) is 0.316. The fourth-order valence-corrected chi connectivity index (χ4v) is 4.02. The molecule has 1 unspecified atom stereocenters. The van der Waals surface area contributed by atoms with Crippen LogP contribution in [-0.2, 0) is 4.79 Å². The molecule has 1 amide bonds. The molecule has 1 aliphatic heterocycles. The Labute approximate surface area is 145 Å². The van der Waals surface area contributed by atoms with Gasteiger partial charge in [-0.25, -0.2) is 4.39 Å². The fourth-order valence-electron chi connectivity index (χ4n) is 2.92. The topological polar surface area (TPSA) is 38.3 Å². The summed E-state index contributed by atoms with van der Waals surface area (Å²) in [4.78, 5) is 13.3. The van der Waals surface area contributed by atoms with Crippen LogP contribution >= 0.6 is 11.8 Å². The first-order valence-corrected chi connectivity index (χ1v) is 8.94. The number of benzene rings is 2. The molecule has 24 heavy (non-hydrogen) atoms. The highest BCUT2D eigenvalue weighted by Crippen LogP contribution is 2.36. The Morgan fingerprint density at radius 2 is 2.04 bits per heavy atom. The van der Waals surface area contributed by atoms with Crippen LogP contribution in [0.2, 0.25) is 0 Å². The first-order valence-electron chi connectivity index (χ1n) is 7.95. The van der Waals surface area contributed by atoms with E-state index in [-0.39, 0.29) is 24.4 Å². The molecule has 5 heteroatoms. The Balaban J connectivity index is 1.65. The van der Waals surface area contributed by atoms with E-state index in [9.17, 15) is 9.18 Å². The number of carbonyl (C=O) groups is 1. The van der Waals surface area contributed by atoms with Crippen LogP contribution in [0.1, 0.15) is 29.2 Å². The number of nitrogens with one attached hydrogen (secondary N) is 1. The second kappa shape index (κ2) is 7.26. The molecule has 126 valence electrons. The largest absolute Gasteiger partial charge is 0.483 e. The zero-order chi connectivity index (χ0) is 17.1. The molecule has 1 aliphatic rings. The van der Waals surface area contributed by atoms with E-state index >= 15 is 0 Å². The van der Waals surface area contributed by atoms with Gasteiger partial charge in [-0.15, -0.1) is 11.8 Å². The maximum Gasteiger partial charge on any atom is 0.258 e. The molecule has 1 heterocycles. The Kier molecular flexibility index (Phi) is 5.09. The van der Waals surface area contributed by atoms with E-state index in [4.69, 9.17) is 4.74 Å². The SMILES string of the molecule is Cc1cccc(C)c1OCC(=O)NC1CCSc2ccc(F)cc21. The third-order valence-corrected chi connectivity index (χ3v) is 5.23. The van der Waals surface area contributed by atoms with Crippen LogP contribution in [-0.4, -0.2) is 18.3 Å². The summed E-state index contributed by atoms with van der Waals surface area (Å²) >= 11 is 1.69. The molecule has 3 nitrogen and oxygen atoms in total. The predicted molar refractivity (Wildman–Crippen MR) is 94.0 cm³/mol. The van der Waals surface area contributed by atoms with Crippen LogP contribution in [0.4, 0.5) is 4.39 Å². The van der Waals surface area contributed by atoms with E-state index in [1.54, 1.807) is 17.8 Å². The molecule has 3 rings (SSSR count). The molecule has 0 bridgehead atoms. The lowest BCUT2D eigenvalue weighted by atomic mass is 10.0. The van der Waals surface area contributed by atoms with Crippen molar-refractivity contribution in [3.8, 4) is 5.75 Å². The highest BCUT2D eigenvalue weighted by atomic mass is 32.2. The molecule has 0 aliphatic carbocycles. The van der Waals surface area contributed by atoms with Crippen molar-refractivity contribution in [1.29, 1.82) is 0 Å². The number of hydrogen-bond acceptors (Lipinski definition) is 3. The third kappa shape index (κ3) is 3.73. The lowest BCUT2D eigenvalue weighted by molar-refractivity contribution is -0.123. The monoisotopic (exact) mass is 345 g/mol. The molecular formula is C19H20FNO2S. The molecule has 0 radical (unpaired) electrons. The molecule has 2 aromatic carbocycles. The van der Waals surface area contributed by atoms with Crippen molar-refractivity contribution < 1.29 is 13.9 Å². The maximum atomic E-state index is 13.5. The average Bonchev–Trinajstić information content (AvgIpc) is 2.55. The van der Waals surface area contributed by atoms with Crippen molar-refractivity contribution >= 4 is 17.7 Å². The smallest absolute Gasteiger partial charge is 0.258 e. The van der Waals surface area contributed by atoms with Gasteiger partial charge in [0.2, 0.25) is 0 Å². The number of halogens is 1. The number of aryl methyl sites for hydroxylation is 2. The van der Waals surface area contributed by atoms with Crippen molar-refractivity contribution in [2.24, 2.45) is 0 Å². The van der Waals surface area contributed by atoms with E-state index in [0.29, 0.717) is 0 Å². The van der Waals surface area contributed by atoms with Crippen LogP contribution < -0.4 is 10.1 Å². The van der Waals surface area contributed by atoms with Gasteiger partial charge in [-0.05, 0) is 55.2 Å². The van der Waals surface area contributed by atoms with Crippen LogP contribution in [0.25, 0.3) is 0 Å². The summed E-state index contributed by atoms with van der Waals surface area (Å²) < 4.78 is 19.2. The van der Waals surface area contributed by atoms with Gasteiger partial charge in [0.05, 0.1) is 6.04 Å². The molecule has 0 fully saturated rings. The van der Waals surface area contributed by atoms with Gasteiger partial charge < -0.3 is 10.1 Å². The molecule has 0 saturated heterocycles. The molecule has 1 N–H and O–H groups in total. The van der Waals surface area contributed by atoms with Gasteiger partial charge >= 0.3 is 0 Å². The summed E-state index contributed by atoms with van der Waals surface area (Å²) in [6.07, 6.45) is 0.788. The van der Waals surface area contributed by atoms with Crippen molar-refractivity contribution in [2.45, 2.75) is 31.2 Å². The van der Waals surface area contributed by atoms with Gasteiger partial charge in [0.25, 0.3) is 5.91 Å². The van der Waals surface area contributed by atoms with E-state index in [1.807, 2.05) is 32.0 Å². The van der Waals surface area contributed by atoms with Crippen LogP contribution in [0, 0.1) is 19.7 Å². The second-order valence-electron chi connectivity index (χ2n) is 5.95. The minimum absolute atomic E-state index is 0.0417. The summed E-state index contributed by atoms with van der Waals surface area (Å²) in [6.45, 7) is 3.87. The predicted octanol–water partition coefficient (Wildman–Crippen LogP) is 4.17. The number of amides is 1. The first kappa shape index (κ1) is 16.8. The highest BCUT2D eigenvalue weighted by molar-refractivity contribution is 7.99. The van der Waals surface area contributed by atoms with Crippen molar-refractivity contribution in [3.63, 3.8) is 0 Å². The Morgan fingerprint density at radius 3 is 2.79 bits per heavy atom. The quantitative estimate of drug-likeness (QED) is 0.904. The maximum absolute atomic E-state index is 13.5. The normalized spacial score (nSPS) is 16.4. The molecular weight excluding hydrogens is 325 g/mol. The number of ether oxygens (including phenoxy) is 1.